The van der Waals surface area contributed by atoms with Gasteiger partial charge in [-0.05, 0) is 42.0 Å². The summed E-state index contributed by atoms with van der Waals surface area (Å²) in [5, 5.41) is 9.45. The van der Waals surface area contributed by atoms with Crippen molar-refractivity contribution in [1.82, 2.24) is 19.3 Å². The number of aromatic nitrogens is 4. The molecule has 10 aromatic rings. The van der Waals surface area contributed by atoms with Crippen LogP contribution in [0.4, 0.5) is 0 Å². The zero-order chi connectivity index (χ0) is 32.3. The molecule has 230 valence electrons. The molecule has 10 rings (SSSR count). The van der Waals surface area contributed by atoms with Crippen LogP contribution < -0.4 is 0 Å². The molecule has 0 aliphatic rings. The van der Waals surface area contributed by atoms with Gasteiger partial charge in [-0.1, -0.05) is 139 Å². The second kappa shape index (κ2) is 10.9. The van der Waals surface area contributed by atoms with Crippen LogP contribution in [-0.4, -0.2) is 19.3 Å². The van der Waals surface area contributed by atoms with Crippen molar-refractivity contribution in [2.24, 2.45) is 0 Å². The summed E-state index contributed by atoms with van der Waals surface area (Å²) in [6.07, 6.45) is 0. The van der Waals surface area contributed by atoms with E-state index in [0.717, 1.165) is 61.7 Å². The van der Waals surface area contributed by atoms with E-state index < -0.39 is 0 Å². The first-order valence-corrected chi connectivity index (χ1v) is 16.4. The Hall–Kier alpha value is -6.72. The van der Waals surface area contributed by atoms with E-state index in [1.807, 2.05) is 36.4 Å². The van der Waals surface area contributed by atoms with Crippen molar-refractivity contribution < 1.29 is 4.52 Å². The molecule has 0 N–H and O–H groups in total. The fraction of sp³-hybridized carbons (Fsp3) is 0. The Balaban J connectivity index is 1.35. The van der Waals surface area contributed by atoms with E-state index >= 15 is 0 Å². The second-order valence-corrected chi connectivity index (χ2v) is 12.3. The first kappa shape index (κ1) is 27.4. The molecule has 5 nitrogen and oxygen atoms in total. The zero-order valence-electron chi connectivity index (χ0n) is 26.4. The highest BCUT2D eigenvalue weighted by Crippen LogP contribution is 2.42. The van der Waals surface area contributed by atoms with Crippen LogP contribution in [0.25, 0.3) is 89.0 Å². The van der Waals surface area contributed by atoms with E-state index in [4.69, 9.17) is 14.7 Å². The molecule has 6 aromatic carbocycles. The number of benzene rings is 6. The van der Waals surface area contributed by atoms with Crippen LogP contribution >= 0.6 is 0 Å². The molecule has 5 heteroatoms. The summed E-state index contributed by atoms with van der Waals surface area (Å²) in [5.41, 5.74) is 8.99. The van der Waals surface area contributed by atoms with Gasteiger partial charge in [-0.25, -0.2) is 4.98 Å². The van der Waals surface area contributed by atoms with E-state index in [-0.39, 0.29) is 0 Å². The molecular weight excluding hydrogens is 601 g/mol. The van der Waals surface area contributed by atoms with Crippen LogP contribution in [0.15, 0.2) is 174 Å². The molecule has 0 saturated carbocycles. The molecule has 0 bridgehead atoms. The van der Waals surface area contributed by atoms with Gasteiger partial charge in [0.1, 0.15) is 17.3 Å². The molecule has 0 amide bonds. The van der Waals surface area contributed by atoms with Crippen molar-refractivity contribution in [3.8, 4) is 45.3 Å². The molecule has 0 radical (unpaired) electrons. The number of pyridine rings is 1. The Morgan fingerprint density at radius 1 is 0.388 bits per heavy atom. The van der Waals surface area contributed by atoms with Gasteiger partial charge in [0.15, 0.2) is 5.76 Å². The number of para-hydroxylation sites is 4. The number of rotatable bonds is 5. The van der Waals surface area contributed by atoms with Crippen molar-refractivity contribution in [3.05, 3.63) is 170 Å². The lowest BCUT2D eigenvalue weighted by atomic mass is 9.96. The first-order valence-electron chi connectivity index (χ1n) is 16.4. The molecule has 0 fully saturated rings. The normalized spacial score (nSPS) is 11.7. The fourth-order valence-corrected chi connectivity index (χ4v) is 7.35. The van der Waals surface area contributed by atoms with Crippen molar-refractivity contribution >= 4 is 43.6 Å². The Morgan fingerprint density at radius 3 is 1.22 bits per heavy atom. The van der Waals surface area contributed by atoms with E-state index in [1.165, 1.54) is 21.5 Å². The van der Waals surface area contributed by atoms with E-state index in [1.54, 1.807) is 0 Å². The smallest absolute Gasteiger partial charge is 0.175 e. The molecule has 0 aliphatic heterocycles. The number of hydrogen-bond donors (Lipinski definition) is 0. The maximum absolute atomic E-state index is 6.25. The Morgan fingerprint density at radius 2 is 0.776 bits per heavy atom. The molecule has 0 saturated heterocycles. The van der Waals surface area contributed by atoms with E-state index in [2.05, 4.69) is 143 Å². The van der Waals surface area contributed by atoms with Gasteiger partial charge in [-0.3, -0.25) is 9.13 Å². The monoisotopic (exact) mass is 628 g/mol. The molecule has 49 heavy (non-hydrogen) atoms. The van der Waals surface area contributed by atoms with Crippen LogP contribution in [-0.2, 0) is 0 Å². The van der Waals surface area contributed by atoms with Gasteiger partial charge in [0.05, 0.1) is 27.6 Å². The number of hydrogen-bond acceptors (Lipinski definition) is 3. The van der Waals surface area contributed by atoms with Gasteiger partial charge in [0.25, 0.3) is 0 Å². The van der Waals surface area contributed by atoms with Crippen molar-refractivity contribution in [2.75, 3.05) is 0 Å². The van der Waals surface area contributed by atoms with Crippen LogP contribution in [0.2, 0.25) is 0 Å². The molecule has 0 atom stereocenters. The number of fused-ring (bicyclic) bond motifs is 6. The highest BCUT2D eigenvalue weighted by molar-refractivity contribution is 6.10. The minimum Gasteiger partial charge on any atom is -0.355 e. The lowest BCUT2D eigenvalue weighted by Gasteiger charge is -2.15. The van der Waals surface area contributed by atoms with Gasteiger partial charge in [0.2, 0.25) is 0 Å². The maximum atomic E-state index is 6.25. The molecule has 0 unspecified atom stereocenters. The van der Waals surface area contributed by atoms with E-state index in [9.17, 15) is 0 Å². The third-order valence-electron chi connectivity index (χ3n) is 9.48. The van der Waals surface area contributed by atoms with Crippen molar-refractivity contribution in [3.63, 3.8) is 0 Å². The summed E-state index contributed by atoms with van der Waals surface area (Å²) in [7, 11) is 0. The lowest BCUT2D eigenvalue weighted by Crippen LogP contribution is -2.04. The van der Waals surface area contributed by atoms with Gasteiger partial charge in [-0.2, -0.15) is 0 Å². The third-order valence-corrected chi connectivity index (χ3v) is 9.48. The summed E-state index contributed by atoms with van der Waals surface area (Å²) in [5.74, 6) is 2.34. The number of nitrogens with zero attached hydrogens (tertiary/aromatic N) is 4. The molecule has 0 spiro atoms. The van der Waals surface area contributed by atoms with Crippen LogP contribution in [0.3, 0.4) is 0 Å². The lowest BCUT2D eigenvalue weighted by molar-refractivity contribution is 0.435. The predicted molar refractivity (Wildman–Crippen MR) is 199 cm³/mol. The highest BCUT2D eigenvalue weighted by atomic mass is 16.5. The van der Waals surface area contributed by atoms with Gasteiger partial charge in [-0.15, -0.1) is 0 Å². The third kappa shape index (κ3) is 4.26. The maximum Gasteiger partial charge on any atom is 0.175 e. The van der Waals surface area contributed by atoms with Crippen molar-refractivity contribution in [1.29, 1.82) is 0 Å². The second-order valence-electron chi connectivity index (χ2n) is 12.3. The summed E-state index contributed by atoms with van der Waals surface area (Å²) in [4.78, 5) is 5.51. The highest BCUT2D eigenvalue weighted by Gasteiger charge is 2.24. The Kier molecular flexibility index (Phi) is 6.11. The van der Waals surface area contributed by atoms with Crippen LogP contribution in [0, 0.1) is 0 Å². The Bertz CT molecular complexity index is 2530. The molecule has 0 aliphatic carbocycles. The summed E-state index contributed by atoms with van der Waals surface area (Å²) >= 11 is 0. The molecular formula is C44H28N4O. The minimum atomic E-state index is 0.715. The van der Waals surface area contributed by atoms with Crippen molar-refractivity contribution in [2.45, 2.75) is 0 Å². The fourth-order valence-electron chi connectivity index (χ4n) is 7.35. The van der Waals surface area contributed by atoms with Gasteiger partial charge < -0.3 is 4.52 Å². The quantitative estimate of drug-likeness (QED) is 0.191. The minimum absolute atomic E-state index is 0.715. The summed E-state index contributed by atoms with van der Waals surface area (Å²) < 4.78 is 10.8. The van der Waals surface area contributed by atoms with Gasteiger partial charge >= 0.3 is 0 Å². The van der Waals surface area contributed by atoms with Crippen LogP contribution in [0.5, 0.6) is 0 Å². The summed E-state index contributed by atoms with van der Waals surface area (Å²) in [6.45, 7) is 0. The summed E-state index contributed by atoms with van der Waals surface area (Å²) in [6, 6.07) is 59.1. The average molecular weight is 629 g/mol. The molecule has 4 heterocycles. The standard InChI is InChI=1S/C44H28N4O/c1-3-15-29(16-4-1)43-42(44(49-46-43)30-17-5-2-6-18-30)31-27-40(47-36-23-11-7-19-32(36)33-20-8-12-24-37(33)47)45-41(28-31)48-38-25-13-9-21-34(38)35-22-10-14-26-39(35)48/h1-28H. The average Bonchev–Trinajstić information content (AvgIpc) is 3.86. The van der Waals surface area contributed by atoms with Crippen LogP contribution in [0.1, 0.15) is 0 Å². The Labute approximate surface area is 281 Å². The first-order chi connectivity index (χ1) is 24.3. The molecule has 4 aromatic heterocycles. The topological polar surface area (TPSA) is 48.8 Å². The largest absolute Gasteiger partial charge is 0.355 e. The van der Waals surface area contributed by atoms with Gasteiger partial charge in [0, 0.05) is 32.7 Å². The van der Waals surface area contributed by atoms with E-state index in [0.29, 0.717) is 5.76 Å². The SMILES string of the molecule is c1ccc(-c2noc(-c3ccccc3)c2-c2cc(-n3c4ccccc4c4ccccc43)nc(-n3c4ccccc4c4ccccc43)c2)cc1. The predicted octanol–water partition coefficient (Wildman–Crippen LogP) is 11.3. The zero-order valence-corrected chi connectivity index (χ0v) is 26.4.